The number of carboxylic acids is 1. The lowest BCUT2D eigenvalue weighted by Crippen LogP contribution is -2.48. The van der Waals surface area contributed by atoms with Crippen LogP contribution < -0.4 is 15.4 Å². The quantitative estimate of drug-likeness (QED) is 0.776. The molecule has 2 rings (SSSR count). The summed E-state index contributed by atoms with van der Waals surface area (Å²) in [5.41, 5.74) is -0.365. The number of anilines is 1. The van der Waals surface area contributed by atoms with Gasteiger partial charge in [-0.2, -0.15) is 0 Å². The van der Waals surface area contributed by atoms with Gasteiger partial charge in [0.05, 0.1) is 23.9 Å². The van der Waals surface area contributed by atoms with E-state index in [1.165, 1.54) is 19.2 Å². The molecule has 3 N–H and O–H groups in total. The van der Waals surface area contributed by atoms with Crippen LogP contribution in [0.5, 0.6) is 5.75 Å². The molecule has 1 aromatic carbocycles. The molecule has 1 aromatic rings. The van der Waals surface area contributed by atoms with Gasteiger partial charge in [-0.3, -0.25) is 4.79 Å². The fraction of sp³-hybridized carbons (Fsp3) is 0.429. The first-order valence-corrected chi connectivity index (χ1v) is 6.44. The summed E-state index contributed by atoms with van der Waals surface area (Å²) in [7, 11) is 1.49. The Balaban J connectivity index is 2.27. The van der Waals surface area contributed by atoms with Crippen LogP contribution in [0.4, 0.5) is 5.69 Å². The number of amides is 1. The lowest BCUT2D eigenvalue weighted by atomic mass is 9.99. The number of aromatic carboxylic acids is 1. The molecule has 108 valence electrons. The summed E-state index contributed by atoms with van der Waals surface area (Å²) < 4.78 is 5.06. The third kappa shape index (κ3) is 2.75. The molecule has 20 heavy (non-hydrogen) atoms. The van der Waals surface area contributed by atoms with E-state index in [9.17, 15) is 9.59 Å². The minimum absolute atomic E-state index is 0.0424. The van der Waals surface area contributed by atoms with Crippen molar-refractivity contribution in [3.8, 4) is 5.75 Å². The molecule has 6 nitrogen and oxygen atoms in total. The van der Waals surface area contributed by atoms with Gasteiger partial charge in [-0.25, -0.2) is 4.79 Å². The SMILES string of the molecule is COc1ccc(C(=O)O)c(NC(=O)C2(C)CCCN2)c1. The van der Waals surface area contributed by atoms with Gasteiger partial charge in [-0.05, 0) is 38.4 Å². The van der Waals surface area contributed by atoms with E-state index in [1.807, 2.05) is 6.92 Å². The number of rotatable bonds is 4. The summed E-state index contributed by atoms with van der Waals surface area (Å²) in [6, 6.07) is 4.48. The number of nitrogens with one attached hydrogen (secondary N) is 2. The first kappa shape index (κ1) is 14.3. The van der Waals surface area contributed by atoms with E-state index in [1.54, 1.807) is 6.07 Å². The molecule has 0 spiro atoms. The molecule has 0 bridgehead atoms. The second-order valence-electron chi connectivity index (χ2n) is 5.03. The van der Waals surface area contributed by atoms with Crippen LogP contribution in [0.2, 0.25) is 0 Å². The van der Waals surface area contributed by atoms with Crippen LogP contribution in [0.3, 0.4) is 0 Å². The molecule has 1 unspecified atom stereocenters. The Hall–Kier alpha value is -2.08. The van der Waals surface area contributed by atoms with E-state index in [0.717, 1.165) is 19.4 Å². The van der Waals surface area contributed by atoms with Gasteiger partial charge in [-0.15, -0.1) is 0 Å². The number of hydrogen-bond donors (Lipinski definition) is 3. The van der Waals surface area contributed by atoms with Crippen LogP contribution in [0.15, 0.2) is 18.2 Å². The molecular weight excluding hydrogens is 260 g/mol. The second-order valence-corrected chi connectivity index (χ2v) is 5.03. The standard InChI is InChI=1S/C14H18N2O4/c1-14(6-3-7-15-14)13(19)16-11-8-9(20-2)4-5-10(11)12(17)18/h4-5,8,15H,3,6-7H2,1-2H3,(H,16,19)(H,17,18). The number of hydrogen-bond acceptors (Lipinski definition) is 4. The molecule has 6 heteroatoms. The highest BCUT2D eigenvalue weighted by Crippen LogP contribution is 2.26. The number of carbonyl (C=O) groups excluding carboxylic acids is 1. The summed E-state index contributed by atoms with van der Waals surface area (Å²) in [6.07, 6.45) is 1.65. The maximum atomic E-state index is 12.3. The topological polar surface area (TPSA) is 87.7 Å². The van der Waals surface area contributed by atoms with Crippen LogP contribution in [0.1, 0.15) is 30.1 Å². The Bertz CT molecular complexity index is 536. The zero-order valence-electron chi connectivity index (χ0n) is 11.5. The average Bonchev–Trinajstić information content (AvgIpc) is 2.86. The van der Waals surface area contributed by atoms with Gasteiger partial charge in [0.1, 0.15) is 5.75 Å². The zero-order valence-corrected chi connectivity index (χ0v) is 11.5. The molecule has 1 atom stereocenters. The van der Waals surface area contributed by atoms with Crippen molar-refractivity contribution in [2.45, 2.75) is 25.3 Å². The number of benzene rings is 1. The normalized spacial score (nSPS) is 21.5. The summed E-state index contributed by atoms with van der Waals surface area (Å²) in [4.78, 5) is 23.5. The monoisotopic (exact) mass is 278 g/mol. The van der Waals surface area contributed by atoms with Crippen molar-refractivity contribution in [1.29, 1.82) is 0 Å². The Morgan fingerprint density at radius 2 is 2.20 bits per heavy atom. The summed E-state index contributed by atoms with van der Waals surface area (Å²) in [5.74, 6) is -0.826. The molecule has 0 aliphatic carbocycles. The minimum atomic E-state index is -1.09. The molecule has 0 aromatic heterocycles. The first-order chi connectivity index (χ1) is 9.46. The molecule has 1 saturated heterocycles. The van der Waals surface area contributed by atoms with Gasteiger partial charge < -0.3 is 20.5 Å². The number of methoxy groups -OCH3 is 1. The van der Waals surface area contributed by atoms with Gasteiger partial charge in [0.25, 0.3) is 0 Å². The largest absolute Gasteiger partial charge is 0.497 e. The number of carbonyl (C=O) groups is 2. The van der Waals surface area contributed by atoms with E-state index in [2.05, 4.69) is 10.6 Å². The van der Waals surface area contributed by atoms with E-state index < -0.39 is 11.5 Å². The van der Waals surface area contributed by atoms with E-state index in [-0.39, 0.29) is 17.2 Å². The summed E-state index contributed by atoms with van der Waals surface area (Å²) in [5, 5.41) is 15.0. The van der Waals surface area contributed by atoms with Crippen LogP contribution in [-0.4, -0.2) is 36.2 Å². The van der Waals surface area contributed by atoms with Crippen LogP contribution in [0, 0.1) is 0 Å². The fourth-order valence-corrected chi connectivity index (χ4v) is 2.29. The third-order valence-corrected chi connectivity index (χ3v) is 3.58. The average molecular weight is 278 g/mol. The van der Waals surface area contributed by atoms with Gasteiger partial charge in [0.15, 0.2) is 0 Å². The fourth-order valence-electron chi connectivity index (χ4n) is 2.29. The molecular formula is C14H18N2O4. The molecule has 1 aliphatic rings. The van der Waals surface area contributed by atoms with Crippen molar-refractivity contribution in [3.05, 3.63) is 23.8 Å². The molecule has 1 fully saturated rings. The van der Waals surface area contributed by atoms with Crippen LogP contribution >= 0.6 is 0 Å². The van der Waals surface area contributed by atoms with Gasteiger partial charge in [0, 0.05) is 6.07 Å². The lowest BCUT2D eigenvalue weighted by molar-refractivity contribution is -0.121. The predicted molar refractivity (Wildman–Crippen MR) is 74.2 cm³/mol. The third-order valence-electron chi connectivity index (χ3n) is 3.58. The molecule has 1 aliphatic heterocycles. The predicted octanol–water partition coefficient (Wildman–Crippen LogP) is 1.47. The first-order valence-electron chi connectivity index (χ1n) is 6.44. The van der Waals surface area contributed by atoms with Crippen molar-refractivity contribution < 1.29 is 19.4 Å². The van der Waals surface area contributed by atoms with Crippen molar-refractivity contribution >= 4 is 17.6 Å². The smallest absolute Gasteiger partial charge is 0.337 e. The molecule has 0 saturated carbocycles. The summed E-state index contributed by atoms with van der Waals surface area (Å²) >= 11 is 0. The molecule has 1 amide bonds. The lowest BCUT2D eigenvalue weighted by Gasteiger charge is -2.23. The van der Waals surface area contributed by atoms with E-state index in [0.29, 0.717) is 5.75 Å². The van der Waals surface area contributed by atoms with Gasteiger partial charge in [-0.1, -0.05) is 0 Å². The van der Waals surface area contributed by atoms with E-state index >= 15 is 0 Å². The maximum Gasteiger partial charge on any atom is 0.337 e. The van der Waals surface area contributed by atoms with Crippen molar-refractivity contribution in [2.24, 2.45) is 0 Å². The van der Waals surface area contributed by atoms with Crippen molar-refractivity contribution in [1.82, 2.24) is 5.32 Å². The number of carboxylic acid groups (broad SMARTS) is 1. The highest BCUT2D eigenvalue weighted by Gasteiger charge is 2.36. The Kier molecular flexibility index (Phi) is 3.94. The Morgan fingerprint density at radius 1 is 1.45 bits per heavy atom. The molecule has 0 radical (unpaired) electrons. The van der Waals surface area contributed by atoms with Crippen molar-refractivity contribution in [3.63, 3.8) is 0 Å². The maximum absolute atomic E-state index is 12.3. The van der Waals surface area contributed by atoms with Gasteiger partial charge >= 0.3 is 5.97 Å². The minimum Gasteiger partial charge on any atom is -0.497 e. The highest BCUT2D eigenvalue weighted by atomic mass is 16.5. The Labute approximate surface area is 117 Å². The van der Waals surface area contributed by atoms with Crippen molar-refractivity contribution in [2.75, 3.05) is 19.0 Å². The second kappa shape index (κ2) is 5.50. The zero-order chi connectivity index (χ0) is 14.8. The van der Waals surface area contributed by atoms with Crippen LogP contribution in [0.25, 0.3) is 0 Å². The van der Waals surface area contributed by atoms with Crippen LogP contribution in [-0.2, 0) is 4.79 Å². The van der Waals surface area contributed by atoms with E-state index in [4.69, 9.17) is 9.84 Å². The van der Waals surface area contributed by atoms with Gasteiger partial charge in [0.2, 0.25) is 5.91 Å². The summed E-state index contributed by atoms with van der Waals surface area (Å²) in [6.45, 7) is 2.60. The Morgan fingerprint density at radius 3 is 2.75 bits per heavy atom. The molecule has 1 heterocycles. The highest BCUT2D eigenvalue weighted by molar-refractivity contribution is 6.04. The number of ether oxygens (including phenoxy) is 1.